The smallest absolute Gasteiger partial charge is 0.408 e. The van der Waals surface area contributed by atoms with Crippen molar-refractivity contribution in [1.82, 2.24) is 19.6 Å². The average Bonchev–Trinajstić information content (AvgIpc) is 3.14. The molecule has 2 saturated heterocycles. The summed E-state index contributed by atoms with van der Waals surface area (Å²) in [6.07, 6.45) is 10.0. The zero-order valence-electron chi connectivity index (χ0n) is 12.9. The van der Waals surface area contributed by atoms with E-state index < -0.39 is 6.09 Å². The lowest BCUT2D eigenvalue weighted by Crippen LogP contribution is -2.57. The summed E-state index contributed by atoms with van der Waals surface area (Å²) in [4.78, 5) is 15.8. The highest BCUT2D eigenvalue weighted by Crippen LogP contribution is 2.53. The van der Waals surface area contributed by atoms with E-state index in [1.807, 2.05) is 18.5 Å². The fraction of sp³-hybridized carbons (Fsp3) is 0.750. The van der Waals surface area contributed by atoms with Crippen molar-refractivity contribution in [2.75, 3.05) is 19.6 Å². The molecule has 2 aliphatic heterocycles. The molecule has 3 aliphatic rings. The van der Waals surface area contributed by atoms with Crippen molar-refractivity contribution >= 4 is 6.09 Å². The van der Waals surface area contributed by atoms with E-state index in [1.54, 1.807) is 4.90 Å². The molecule has 0 aromatic carbocycles. The van der Waals surface area contributed by atoms with Crippen LogP contribution in [0.1, 0.15) is 44.6 Å². The first-order chi connectivity index (χ1) is 10.7. The molecule has 1 saturated carbocycles. The Morgan fingerprint density at radius 1 is 1.18 bits per heavy atom. The summed E-state index contributed by atoms with van der Waals surface area (Å²) in [7, 11) is 0. The van der Waals surface area contributed by atoms with Gasteiger partial charge < -0.3 is 5.11 Å². The average molecular weight is 304 g/mol. The molecule has 1 aliphatic carbocycles. The van der Waals surface area contributed by atoms with Gasteiger partial charge in [-0.05, 0) is 38.2 Å². The van der Waals surface area contributed by atoms with E-state index in [4.69, 9.17) is 0 Å². The molecule has 0 bridgehead atoms. The molecule has 6 heteroatoms. The van der Waals surface area contributed by atoms with Gasteiger partial charge in [0.05, 0.1) is 12.2 Å². The summed E-state index contributed by atoms with van der Waals surface area (Å²) in [6, 6.07) is 2.43. The molecule has 1 atom stereocenters. The summed E-state index contributed by atoms with van der Waals surface area (Å²) in [5.41, 5.74) is 0.247. The number of hydrogen-bond acceptors (Lipinski definition) is 3. The van der Waals surface area contributed by atoms with Crippen LogP contribution in [-0.2, 0) is 0 Å². The van der Waals surface area contributed by atoms with Crippen molar-refractivity contribution < 1.29 is 9.90 Å². The summed E-state index contributed by atoms with van der Waals surface area (Å²) in [6.45, 7) is 2.65. The van der Waals surface area contributed by atoms with E-state index in [2.05, 4.69) is 14.7 Å². The molecule has 4 rings (SSSR count). The predicted octanol–water partition coefficient (Wildman–Crippen LogP) is 2.40. The third-order valence-corrected chi connectivity index (χ3v) is 6.03. The van der Waals surface area contributed by atoms with Gasteiger partial charge in [0, 0.05) is 37.4 Å². The van der Waals surface area contributed by atoms with Crippen LogP contribution in [0.4, 0.5) is 4.79 Å². The van der Waals surface area contributed by atoms with E-state index in [-0.39, 0.29) is 11.6 Å². The van der Waals surface area contributed by atoms with Gasteiger partial charge in [0.15, 0.2) is 0 Å². The number of rotatable bonds is 2. The minimum absolute atomic E-state index is 0.109. The Labute approximate surface area is 130 Å². The van der Waals surface area contributed by atoms with Gasteiger partial charge in [0.25, 0.3) is 0 Å². The standard InChI is InChI=1S/C16H24N4O2/c21-15(22)19-12-7-16(5-1-6-16)14(19)18-10-3-13(4-11-18)20-9-2-8-17-20/h2,8-9,13-14H,1,3-7,10-12H2,(H,21,22). The molecule has 1 N–H and O–H groups in total. The van der Waals surface area contributed by atoms with Crippen LogP contribution in [0.2, 0.25) is 0 Å². The van der Waals surface area contributed by atoms with E-state index in [0.717, 1.165) is 32.4 Å². The molecule has 120 valence electrons. The van der Waals surface area contributed by atoms with Gasteiger partial charge in [-0.3, -0.25) is 14.5 Å². The van der Waals surface area contributed by atoms with Crippen LogP contribution in [0.25, 0.3) is 0 Å². The molecule has 6 nitrogen and oxygen atoms in total. The molecule has 0 radical (unpaired) electrons. The minimum atomic E-state index is -0.747. The van der Waals surface area contributed by atoms with Crippen molar-refractivity contribution in [2.24, 2.45) is 5.41 Å². The fourth-order valence-electron chi connectivity index (χ4n) is 4.74. The Balaban J connectivity index is 1.48. The number of hydrogen-bond donors (Lipinski definition) is 1. The number of nitrogens with zero attached hydrogens (tertiary/aromatic N) is 4. The monoisotopic (exact) mass is 304 g/mol. The summed E-state index contributed by atoms with van der Waals surface area (Å²) in [5.74, 6) is 0. The first-order valence-corrected chi connectivity index (χ1v) is 8.42. The van der Waals surface area contributed by atoms with Gasteiger partial charge in [-0.25, -0.2) is 4.79 Å². The Morgan fingerprint density at radius 3 is 2.50 bits per heavy atom. The van der Waals surface area contributed by atoms with Gasteiger partial charge >= 0.3 is 6.09 Å². The minimum Gasteiger partial charge on any atom is -0.465 e. The number of likely N-dealkylation sites (tertiary alicyclic amines) is 2. The highest BCUT2D eigenvalue weighted by atomic mass is 16.4. The summed E-state index contributed by atoms with van der Waals surface area (Å²) < 4.78 is 2.06. The quantitative estimate of drug-likeness (QED) is 0.911. The van der Waals surface area contributed by atoms with Gasteiger partial charge in [-0.1, -0.05) is 6.42 Å². The number of amides is 1. The fourth-order valence-corrected chi connectivity index (χ4v) is 4.74. The lowest BCUT2D eigenvalue weighted by atomic mass is 9.65. The van der Waals surface area contributed by atoms with Crippen molar-refractivity contribution in [1.29, 1.82) is 0 Å². The topological polar surface area (TPSA) is 61.6 Å². The zero-order chi connectivity index (χ0) is 15.2. The second kappa shape index (κ2) is 5.26. The normalized spacial score (nSPS) is 28.9. The largest absolute Gasteiger partial charge is 0.465 e. The Kier molecular flexibility index (Phi) is 3.36. The molecule has 1 amide bonds. The second-order valence-corrected chi connectivity index (χ2v) is 7.07. The lowest BCUT2D eigenvalue weighted by Gasteiger charge is -2.50. The highest BCUT2D eigenvalue weighted by Gasteiger charge is 2.55. The third kappa shape index (κ3) is 2.12. The first kappa shape index (κ1) is 14.1. The molecule has 22 heavy (non-hydrogen) atoms. The molecular weight excluding hydrogens is 280 g/mol. The van der Waals surface area contributed by atoms with Crippen LogP contribution in [0, 0.1) is 5.41 Å². The van der Waals surface area contributed by atoms with Crippen LogP contribution >= 0.6 is 0 Å². The number of carbonyl (C=O) groups is 1. The number of piperidine rings is 1. The molecule has 1 spiro atoms. The maximum atomic E-state index is 11.6. The molecule has 1 aromatic rings. The third-order valence-electron chi connectivity index (χ3n) is 6.03. The maximum absolute atomic E-state index is 11.6. The van der Waals surface area contributed by atoms with Crippen LogP contribution < -0.4 is 0 Å². The van der Waals surface area contributed by atoms with E-state index in [0.29, 0.717) is 12.6 Å². The lowest BCUT2D eigenvalue weighted by molar-refractivity contribution is -0.0461. The second-order valence-electron chi connectivity index (χ2n) is 7.07. The van der Waals surface area contributed by atoms with Crippen molar-refractivity contribution in [3.8, 4) is 0 Å². The zero-order valence-corrected chi connectivity index (χ0v) is 12.9. The number of aromatic nitrogens is 2. The summed E-state index contributed by atoms with van der Waals surface area (Å²) >= 11 is 0. The van der Waals surface area contributed by atoms with Gasteiger partial charge in [-0.2, -0.15) is 5.10 Å². The predicted molar refractivity (Wildman–Crippen MR) is 81.5 cm³/mol. The molecule has 1 aromatic heterocycles. The Hall–Kier alpha value is -1.56. The SMILES string of the molecule is O=C(O)N1CCC2(CCC2)C1N1CCC(n2cccn2)CC1. The molecule has 3 heterocycles. The van der Waals surface area contributed by atoms with Crippen LogP contribution in [0.3, 0.4) is 0 Å². The maximum Gasteiger partial charge on any atom is 0.408 e. The van der Waals surface area contributed by atoms with E-state index >= 15 is 0 Å². The Bertz CT molecular complexity index is 532. The van der Waals surface area contributed by atoms with Crippen LogP contribution in [0.5, 0.6) is 0 Å². The van der Waals surface area contributed by atoms with Gasteiger partial charge in [0.1, 0.15) is 0 Å². The van der Waals surface area contributed by atoms with Crippen molar-refractivity contribution in [3.05, 3.63) is 18.5 Å². The van der Waals surface area contributed by atoms with Crippen molar-refractivity contribution in [2.45, 2.75) is 50.7 Å². The van der Waals surface area contributed by atoms with Crippen LogP contribution in [0.15, 0.2) is 18.5 Å². The molecule has 3 fully saturated rings. The Morgan fingerprint density at radius 2 is 1.95 bits per heavy atom. The van der Waals surface area contributed by atoms with E-state index in [1.165, 1.54) is 19.3 Å². The van der Waals surface area contributed by atoms with Gasteiger partial charge in [0.2, 0.25) is 0 Å². The molecular formula is C16H24N4O2. The molecule has 1 unspecified atom stereocenters. The van der Waals surface area contributed by atoms with Crippen LogP contribution in [-0.4, -0.2) is 56.6 Å². The number of carboxylic acid groups (broad SMARTS) is 1. The van der Waals surface area contributed by atoms with E-state index in [9.17, 15) is 9.90 Å². The summed E-state index contributed by atoms with van der Waals surface area (Å²) in [5, 5.41) is 13.9. The first-order valence-electron chi connectivity index (χ1n) is 8.42. The highest BCUT2D eigenvalue weighted by molar-refractivity contribution is 5.66. The van der Waals surface area contributed by atoms with Gasteiger partial charge in [-0.15, -0.1) is 0 Å². The van der Waals surface area contributed by atoms with Crippen molar-refractivity contribution in [3.63, 3.8) is 0 Å².